The van der Waals surface area contributed by atoms with E-state index in [-0.39, 0.29) is 5.91 Å². The number of aromatic nitrogens is 2. The highest BCUT2D eigenvalue weighted by Gasteiger charge is 2.22. The summed E-state index contributed by atoms with van der Waals surface area (Å²) in [5, 5.41) is 7.42. The van der Waals surface area contributed by atoms with Crippen molar-refractivity contribution >= 4 is 5.91 Å². The Morgan fingerprint density at radius 2 is 2.47 bits per heavy atom. The van der Waals surface area contributed by atoms with Crippen molar-refractivity contribution in [3.63, 3.8) is 0 Å². The molecule has 15 heavy (non-hydrogen) atoms. The van der Waals surface area contributed by atoms with Crippen molar-refractivity contribution in [1.29, 1.82) is 0 Å². The lowest BCUT2D eigenvalue weighted by molar-refractivity contribution is 0.0702. The third-order valence-corrected chi connectivity index (χ3v) is 2.59. The summed E-state index contributed by atoms with van der Waals surface area (Å²) in [6.45, 7) is 4.47. The van der Waals surface area contributed by atoms with Gasteiger partial charge in [0.25, 0.3) is 5.91 Å². The maximum Gasteiger partial charge on any atom is 0.274 e. The van der Waals surface area contributed by atoms with E-state index in [9.17, 15) is 4.79 Å². The molecular formula is C10H16N4O. The number of amides is 1. The molecule has 2 heterocycles. The standard InChI is InChI=1S/C10H16N4O/c1-8-7-14(6-4-11-8)10(15)9-3-5-13(2)12-9/h3,5,8,11H,4,6-7H2,1-2H3/t8-/m1/s1. The first-order chi connectivity index (χ1) is 7.16. The number of aryl methyl sites for hydroxylation is 1. The van der Waals surface area contributed by atoms with E-state index in [0.29, 0.717) is 11.7 Å². The minimum atomic E-state index is 0.0314. The van der Waals surface area contributed by atoms with Crippen LogP contribution in [-0.2, 0) is 7.05 Å². The van der Waals surface area contributed by atoms with Crippen molar-refractivity contribution in [1.82, 2.24) is 20.0 Å². The van der Waals surface area contributed by atoms with E-state index in [2.05, 4.69) is 17.3 Å². The van der Waals surface area contributed by atoms with Crippen LogP contribution >= 0.6 is 0 Å². The molecule has 0 unspecified atom stereocenters. The quantitative estimate of drug-likeness (QED) is 0.698. The largest absolute Gasteiger partial charge is 0.334 e. The van der Waals surface area contributed by atoms with E-state index in [1.807, 2.05) is 11.9 Å². The molecule has 2 rings (SSSR count). The van der Waals surface area contributed by atoms with Gasteiger partial charge in [0, 0.05) is 38.9 Å². The van der Waals surface area contributed by atoms with Crippen molar-refractivity contribution in [2.75, 3.05) is 19.6 Å². The van der Waals surface area contributed by atoms with E-state index in [1.54, 1.807) is 16.9 Å². The molecule has 1 aromatic heterocycles. The number of carbonyl (C=O) groups excluding carboxylic acids is 1. The van der Waals surface area contributed by atoms with Crippen LogP contribution in [0.4, 0.5) is 0 Å². The SMILES string of the molecule is C[C@@H]1CN(C(=O)c2ccn(C)n2)CCN1. The summed E-state index contributed by atoms with van der Waals surface area (Å²) in [6.07, 6.45) is 1.79. The molecule has 1 fully saturated rings. The average Bonchev–Trinajstić information content (AvgIpc) is 2.64. The van der Waals surface area contributed by atoms with Crippen molar-refractivity contribution in [2.45, 2.75) is 13.0 Å². The lowest BCUT2D eigenvalue weighted by Crippen LogP contribution is -2.51. The van der Waals surface area contributed by atoms with Crippen LogP contribution < -0.4 is 5.32 Å². The van der Waals surface area contributed by atoms with Crippen LogP contribution in [0.15, 0.2) is 12.3 Å². The molecular weight excluding hydrogens is 192 g/mol. The van der Waals surface area contributed by atoms with Gasteiger partial charge in [-0.2, -0.15) is 5.10 Å². The zero-order valence-corrected chi connectivity index (χ0v) is 9.10. The first-order valence-electron chi connectivity index (χ1n) is 5.19. The number of hydrogen-bond donors (Lipinski definition) is 1. The monoisotopic (exact) mass is 208 g/mol. The molecule has 5 heteroatoms. The fraction of sp³-hybridized carbons (Fsp3) is 0.600. The van der Waals surface area contributed by atoms with Crippen molar-refractivity contribution in [2.24, 2.45) is 7.05 Å². The van der Waals surface area contributed by atoms with Gasteiger partial charge in [-0.3, -0.25) is 9.48 Å². The van der Waals surface area contributed by atoms with Gasteiger partial charge in [0.1, 0.15) is 5.69 Å². The Kier molecular flexibility index (Phi) is 2.73. The highest BCUT2D eigenvalue weighted by molar-refractivity contribution is 5.92. The first-order valence-corrected chi connectivity index (χ1v) is 5.19. The van der Waals surface area contributed by atoms with Gasteiger partial charge in [0.05, 0.1) is 0 Å². The maximum absolute atomic E-state index is 12.0. The highest BCUT2D eigenvalue weighted by Crippen LogP contribution is 2.05. The molecule has 0 spiro atoms. The van der Waals surface area contributed by atoms with Crippen LogP contribution in [-0.4, -0.2) is 46.3 Å². The Hall–Kier alpha value is -1.36. The van der Waals surface area contributed by atoms with Crippen LogP contribution in [0, 0.1) is 0 Å². The Morgan fingerprint density at radius 3 is 3.07 bits per heavy atom. The fourth-order valence-corrected chi connectivity index (χ4v) is 1.81. The number of nitrogens with one attached hydrogen (secondary N) is 1. The second-order valence-corrected chi connectivity index (χ2v) is 3.98. The summed E-state index contributed by atoms with van der Waals surface area (Å²) in [6, 6.07) is 2.13. The molecule has 82 valence electrons. The summed E-state index contributed by atoms with van der Waals surface area (Å²) in [4.78, 5) is 13.8. The lowest BCUT2D eigenvalue weighted by atomic mass is 10.2. The second-order valence-electron chi connectivity index (χ2n) is 3.98. The zero-order valence-electron chi connectivity index (χ0n) is 9.10. The first kappa shape index (κ1) is 10.2. The minimum Gasteiger partial charge on any atom is -0.334 e. The minimum absolute atomic E-state index is 0.0314. The third kappa shape index (κ3) is 2.18. The van der Waals surface area contributed by atoms with Gasteiger partial charge in [-0.25, -0.2) is 0 Å². The van der Waals surface area contributed by atoms with E-state index in [0.717, 1.165) is 19.6 Å². The molecule has 0 radical (unpaired) electrons. The topological polar surface area (TPSA) is 50.2 Å². The number of hydrogen-bond acceptors (Lipinski definition) is 3. The molecule has 1 saturated heterocycles. The van der Waals surface area contributed by atoms with E-state index in [4.69, 9.17) is 0 Å². The highest BCUT2D eigenvalue weighted by atomic mass is 16.2. The van der Waals surface area contributed by atoms with Gasteiger partial charge >= 0.3 is 0 Å². The van der Waals surface area contributed by atoms with Crippen molar-refractivity contribution in [3.8, 4) is 0 Å². The summed E-state index contributed by atoms with van der Waals surface area (Å²) in [5.74, 6) is 0.0314. The Bertz CT molecular complexity index is 360. The number of nitrogens with zero attached hydrogens (tertiary/aromatic N) is 3. The number of rotatable bonds is 1. The Morgan fingerprint density at radius 1 is 1.67 bits per heavy atom. The molecule has 1 aliphatic heterocycles. The predicted octanol–water partition coefficient (Wildman–Crippen LogP) is -0.146. The van der Waals surface area contributed by atoms with Gasteiger partial charge in [0.15, 0.2) is 0 Å². The third-order valence-electron chi connectivity index (χ3n) is 2.59. The average molecular weight is 208 g/mol. The second kappa shape index (κ2) is 4.02. The predicted molar refractivity (Wildman–Crippen MR) is 56.6 cm³/mol. The molecule has 1 atom stereocenters. The number of carbonyl (C=O) groups is 1. The molecule has 1 aromatic rings. The Labute approximate surface area is 89.1 Å². The van der Waals surface area contributed by atoms with Crippen LogP contribution in [0.5, 0.6) is 0 Å². The Balaban J connectivity index is 2.07. The van der Waals surface area contributed by atoms with Crippen LogP contribution in [0.2, 0.25) is 0 Å². The summed E-state index contributed by atoms with van der Waals surface area (Å²) in [5.41, 5.74) is 0.534. The maximum atomic E-state index is 12.0. The fourth-order valence-electron chi connectivity index (χ4n) is 1.81. The van der Waals surface area contributed by atoms with E-state index >= 15 is 0 Å². The molecule has 1 N–H and O–H groups in total. The molecule has 1 amide bonds. The molecule has 0 aromatic carbocycles. The van der Waals surface area contributed by atoms with Gasteiger partial charge in [-0.15, -0.1) is 0 Å². The van der Waals surface area contributed by atoms with Crippen molar-refractivity contribution < 1.29 is 4.79 Å². The van der Waals surface area contributed by atoms with Gasteiger partial charge in [0.2, 0.25) is 0 Å². The van der Waals surface area contributed by atoms with Gasteiger partial charge in [-0.1, -0.05) is 0 Å². The molecule has 1 aliphatic rings. The molecule has 0 saturated carbocycles. The van der Waals surface area contributed by atoms with Gasteiger partial charge in [-0.05, 0) is 13.0 Å². The molecule has 0 aliphatic carbocycles. The summed E-state index contributed by atoms with van der Waals surface area (Å²) in [7, 11) is 1.82. The smallest absolute Gasteiger partial charge is 0.274 e. The van der Waals surface area contributed by atoms with Crippen LogP contribution in [0.3, 0.4) is 0 Å². The van der Waals surface area contributed by atoms with Gasteiger partial charge < -0.3 is 10.2 Å². The van der Waals surface area contributed by atoms with Crippen molar-refractivity contribution in [3.05, 3.63) is 18.0 Å². The zero-order chi connectivity index (χ0) is 10.8. The number of piperazine rings is 1. The van der Waals surface area contributed by atoms with E-state index in [1.165, 1.54) is 0 Å². The van der Waals surface area contributed by atoms with Crippen LogP contribution in [0.1, 0.15) is 17.4 Å². The van der Waals surface area contributed by atoms with Crippen LogP contribution in [0.25, 0.3) is 0 Å². The molecule has 5 nitrogen and oxygen atoms in total. The summed E-state index contributed by atoms with van der Waals surface area (Å²) >= 11 is 0. The lowest BCUT2D eigenvalue weighted by Gasteiger charge is -2.31. The summed E-state index contributed by atoms with van der Waals surface area (Å²) < 4.78 is 1.65. The molecule has 0 bridgehead atoms. The normalized spacial score (nSPS) is 21.7. The van der Waals surface area contributed by atoms with E-state index < -0.39 is 0 Å².